The third-order valence-corrected chi connectivity index (χ3v) is 5.14. The SMILES string of the molecule is CCN(CC)CCNC(=O)c1cccc(NC(=O)C(C)C(N)c2ccccc2)c1. The summed E-state index contributed by atoms with van der Waals surface area (Å²) in [5.74, 6) is -0.744. The molecule has 6 heteroatoms. The van der Waals surface area contributed by atoms with E-state index in [0.717, 1.165) is 25.2 Å². The zero-order valence-electron chi connectivity index (χ0n) is 17.5. The van der Waals surface area contributed by atoms with Crippen LogP contribution in [0.3, 0.4) is 0 Å². The molecule has 0 bridgehead atoms. The van der Waals surface area contributed by atoms with Gasteiger partial charge in [0.2, 0.25) is 5.91 Å². The lowest BCUT2D eigenvalue weighted by Gasteiger charge is -2.20. The number of nitrogens with one attached hydrogen (secondary N) is 2. The summed E-state index contributed by atoms with van der Waals surface area (Å²) in [6, 6.07) is 16.1. The lowest BCUT2D eigenvalue weighted by Crippen LogP contribution is -2.34. The summed E-state index contributed by atoms with van der Waals surface area (Å²) in [7, 11) is 0. The molecule has 2 unspecified atom stereocenters. The Bertz CT molecular complexity index is 790. The number of nitrogens with zero attached hydrogens (tertiary/aromatic N) is 1. The maximum Gasteiger partial charge on any atom is 0.251 e. The number of likely N-dealkylation sites (N-methyl/N-ethyl adjacent to an activating group) is 1. The van der Waals surface area contributed by atoms with E-state index in [0.29, 0.717) is 17.8 Å². The number of hydrogen-bond donors (Lipinski definition) is 3. The Kier molecular flexibility index (Phi) is 8.83. The molecule has 156 valence electrons. The normalized spacial score (nSPS) is 13.0. The lowest BCUT2D eigenvalue weighted by atomic mass is 9.94. The van der Waals surface area contributed by atoms with E-state index >= 15 is 0 Å². The summed E-state index contributed by atoms with van der Waals surface area (Å²) in [6.45, 7) is 9.31. The molecule has 0 saturated heterocycles. The second-order valence-corrected chi connectivity index (χ2v) is 7.08. The average Bonchev–Trinajstić information content (AvgIpc) is 2.76. The van der Waals surface area contributed by atoms with E-state index in [4.69, 9.17) is 5.73 Å². The summed E-state index contributed by atoms with van der Waals surface area (Å²) < 4.78 is 0. The Morgan fingerprint density at radius 2 is 1.72 bits per heavy atom. The summed E-state index contributed by atoms with van der Waals surface area (Å²) in [5, 5.41) is 5.80. The molecule has 2 amide bonds. The average molecular weight is 397 g/mol. The molecule has 4 N–H and O–H groups in total. The summed E-state index contributed by atoms with van der Waals surface area (Å²) in [6.07, 6.45) is 0. The smallest absolute Gasteiger partial charge is 0.251 e. The van der Waals surface area contributed by atoms with Crippen LogP contribution in [0, 0.1) is 5.92 Å². The molecule has 0 spiro atoms. The molecule has 0 fully saturated rings. The van der Waals surface area contributed by atoms with Crippen molar-refractivity contribution < 1.29 is 9.59 Å². The Labute approximate surface area is 173 Å². The van der Waals surface area contributed by atoms with Gasteiger partial charge in [0.1, 0.15) is 0 Å². The van der Waals surface area contributed by atoms with Crippen LogP contribution in [-0.2, 0) is 4.79 Å². The highest BCUT2D eigenvalue weighted by Crippen LogP contribution is 2.21. The number of anilines is 1. The van der Waals surface area contributed by atoms with E-state index in [1.54, 1.807) is 31.2 Å². The number of carbonyl (C=O) groups is 2. The van der Waals surface area contributed by atoms with Gasteiger partial charge in [0.15, 0.2) is 0 Å². The van der Waals surface area contributed by atoms with Crippen molar-refractivity contribution >= 4 is 17.5 Å². The van der Waals surface area contributed by atoms with Crippen LogP contribution in [0.15, 0.2) is 54.6 Å². The van der Waals surface area contributed by atoms with Crippen molar-refractivity contribution in [3.05, 3.63) is 65.7 Å². The summed E-state index contributed by atoms with van der Waals surface area (Å²) >= 11 is 0. The van der Waals surface area contributed by atoms with Crippen LogP contribution in [-0.4, -0.2) is 42.9 Å². The first kappa shape index (κ1) is 22.6. The Hall–Kier alpha value is -2.70. The van der Waals surface area contributed by atoms with Gasteiger partial charge in [-0.05, 0) is 36.9 Å². The van der Waals surface area contributed by atoms with Gasteiger partial charge in [-0.15, -0.1) is 0 Å². The van der Waals surface area contributed by atoms with E-state index in [9.17, 15) is 9.59 Å². The maximum absolute atomic E-state index is 12.6. The molecule has 0 aliphatic heterocycles. The molecule has 0 radical (unpaired) electrons. The van der Waals surface area contributed by atoms with Crippen LogP contribution < -0.4 is 16.4 Å². The fraction of sp³-hybridized carbons (Fsp3) is 0.391. The largest absolute Gasteiger partial charge is 0.351 e. The van der Waals surface area contributed by atoms with Crippen molar-refractivity contribution in [3.8, 4) is 0 Å². The van der Waals surface area contributed by atoms with Crippen molar-refractivity contribution in [2.45, 2.75) is 26.8 Å². The molecule has 0 aliphatic carbocycles. The first-order valence-electron chi connectivity index (χ1n) is 10.2. The molecular weight excluding hydrogens is 364 g/mol. The maximum atomic E-state index is 12.6. The minimum absolute atomic E-state index is 0.151. The van der Waals surface area contributed by atoms with Crippen LogP contribution in [0.2, 0.25) is 0 Å². The van der Waals surface area contributed by atoms with Gasteiger partial charge in [-0.25, -0.2) is 0 Å². The quantitative estimate of drug-likeness (QED) is 0.576. The van der Waals surface area contributed by atoms with Gasteiger partial charge in [0.05, 0.1) is 5.92 Å². The van der Waals surface area contributed by atoms with Gasteiger partial charge in [-0.3, -0.25) is 9.59 Å². The number of hydrogen-bond acceptors (Lipinski definition) is 4. The third-order valence-electron chi connectivity index (χ3n) is 5.14. The van der Waals surface area contributed by atoms with Crippen molar-refractivity contribution in [1.29, 1.82) is 0 Å². The first-order valence-corrected chi connectivity index (χ1v) is 10.2. The van der Waals surface area contributed by atoms with E-state index in [1.165, 1.54) is 0 Å². The van der Waals surface area contributed by atoms with Gasteiger partial charge >= 0.3 is 0 Å². The van der Waals surface area contributed by atoms with Gasteiger partial charge < -0.3 is 21.3 Å². The predicted octanol–water partition coefficient (Wildman–Crippen LogP) is 3.03. The molecule has 29 heavy (non-hydrogen) atoms. The zero-order chi connectivity index (χ0) is 21.2. The van der Waals surface area contributed by atoms with Crippen LogP contribution in [0.4, 0.5) is 5.69 Å². The molecule has 2 rings (SSSR count). The molecule has 0 heterocycles. The number of amides is 2. The molecule has 2 aromatic rings. The topological polar surface area (TPSA) is 87.5 Å². The van der Waals surface area contributed by atoms with E-state index in [2.05, 4.69) is 29.4 Å². The molecule has 2 atom stereocenters. The van der Waals surface area contributed by atoms with Crippen LogP contribution >= 0.6 is 0 Å². The highest BCUT2D eigenvalue weighted by atomic mass is 16.2. The lowest BCUT2D eigenvalue weighted by molar-refractivity contribution is -0.120. The minimum atomic E-state index is -0.413. The highest BCUT2D eigenvalue weighted by molar-refractivity contribution is 5.97. The highest BCUT2D eigenvalue weighted by Gasteiger charge is 2.22. The van der Waals surface area contributed by atoms with Crippen molar-refractivity contribution in [2.24, 2.45) is 11.7 Å². The van der Waals surface area contributed by atoms with E-state index in [-0.39, 0.29) is 11.8 Å². The monoisotopic (exact) mass is 396 g/mol. The fourth-order valence-electron chi connectivity index (χ4n) is 3.09. The standard InChI is InChI=1S/C23H32N4O2/c1-4-27(5-2)15-14-25-23(29)19-12-9-13-20(16-19)26-22(28)17(3)21(24)18-10-7-6-8-11-18/h6-13,16-17,21H,4-5,14-15,24H2,1-3H3,(H,25,29)(H,26,28). The van der Waals surface area contributed by atoms with Gasteiger partial charge in [0.25, 0.3) is 5.91 Å². The molecule has 0 aromatic heterocycles. The summed E-state index contributed by atoms with van der Waals surface area (Å²) in [4.78, 5) is 27.3. The number of carbonyl (C=O) groups excluding carboxylic acids is 2. The molecule has 0 aliphatic rings. The molecule has 2 aromatic carbocycles. The number of benzene rings is 2. The molecule has 6 nitrogen and oxygen atoms in total. The second kappa shape index (κ2) is 11.3. The van der Waals surface area contributed by atoms with Crippen molar-refractivity contribution in [2.75, 3.05) is 31.5 Å². The molecular formula is C23H32N4O2. The fourth-order valence-corrected chi connectivity index (χ4v) is 3.09. The number of nitrogens with two attached hydrogens (primary N) is 1. The van der Waals surface area contributed by atoms with Gasteiger partial charge in [-0.2, -0.15) is 0 Å². The first-order chi connectivity index (χ1) is 14.0. The van der Waals surface area contributed by atoms with Crippen molar-refractivity contribution in [3.63, 3.8) is 0 Å². The van der Waals surface area contributed by atoms with Crippen LogP contribution in [0.1, 0.15) is 42.7 Å². The number of rotatable bonds is 10. The van der Waals surface area contributed by atoms with Crippen LogP contribution in [0.25, 0.3) is 0 Å². The minimum Gasteiger partial charge on any atom is -0.351 e. The van der Waals surface area contributed by atoms with E-state index < -0.39 is 12.0 Å². The van der Waals surface area contributed by atoms with Crippen molar-refractivity contribution in [1.82, 2.24) is 10.2 Å². The van der Waals surface area contributed by atoms with Gasteiger partial charge in [0, 0.05) is 30.4 Å². The summed E-state index contributed by atoms with van der Waals surface area (Å²) in [5.41, 5.74) is 8.26. The Morgan fingerprint density at radius 3 is 2.38 bits per heavy atom. The van der Waals surface area contributed by atoms with Crippen LogP contribution in [0.5, 0.6) is 0 Å². The second-order valence-electron chi connectivity index (χ2n) is 7.08. The molecule has 0 saturated carbocycles. The zero-order valence-corrected chi connectivity index (χ0v) is 17.5. The Morgan fingerprint density at radius 1 is 1.03 bits per heavy atom. The van der Waals surface area contributed by atoms with E-state index in [1.807, 2.05) is 30.3 Å². The van der Waals surface area contributed by atoms with Gasteiger partial charge in [-0.1, -0.05) is 57.2 Å². The third kappa shape index (κ3) is 6.69. The predicted molar refractivity (Wildman–Crippen MR) is 118 cm³/mol. The Balaban J connectivity index is 1.94.